The molecule has 11 rings (SSSR count). The molecule has 1 saturated carbocycles. The Morgan fingerprint density at radius 1 is 0.985 bits per heavy atom. The number of ether oxygens (including phenoxy) is 1. The lowest BCUT2D eigenvalue weighted by atomic mass is 9.96. The smallest absolute Gasteiger partial charge is 0.319 e. The molecule has 336 valence electrons. The summed E-state index contributed by atoms with van der Waals surface area (Å²) in [6.45, 7) is 4.20. The second-order valence-corrected chi connectivity index (χ2v) is 18.0. The Balaban J connectivity index is 0.00000166. The molecule has 5 fully saturated rings. The monoisotopic (exact) mass is 894 g/mol. The number of carbonyl (C=O) groups is 4. The summed E-state index contributed by atoms with van der Waals surface area (Å²) in [6.07, 6.45) is 11.8. The number of nitrogens with one attached hydrogen (secondary N) is 2. The molecule has 1 unspecified atom stereocenters. The molecule has 0 radical (unpaired) electrons. The van der Waals surface area contributed by atoms with Crippen molar-refractivity contribution in [3.8, 4) is 47.2 Å². The zero-order valence-corrected chi connectivity index (χ0v) is 35.7. The van der Waals surface area contributed by atoms with Crippen molar-refractivity contribution in [3.63, 3.8) is 0 Å². The van der Waals surface area contributed by atoms with Crippen LogP contribution in [0, 0.1) is 47.2 Å². The highest BCUT2D eigenvalue weighted by Crippen LogP contribution is 2.48. The number of piperazine rings is 1. The molecule has 5 aromatic rings. The van der Waals surface area contributed by atoms with E-state index >= 15 is 4.39 Å². The van der Waals surface area contributed by atoms with Gasteiger partial charge in [0.25, 0.3) is 12.4 Å². The number of benzene rings is 3. The third kappa shape index (κ3) is 7.98. The van der Waals surface area contributed by atoms with E-state index in [4.69, 9.17) is 26.0 Å². The number of hydrogen-bond acceptors (Lipinski definition) is 12. The average Bonchev–Trinajstić information content (AvgIpc) is 3.87. The highest BCUT2D eigenvalue weighted by Gasteiger charge is 2.47. The number of hydrogen-bond donors (Lipinski definition) is 4. The van der Waals surface area contributed by atoms with Crippen molar-refractivity contribution < 1.29 is 42.9 Å². The zero-order valence-electron chi connectivity index (χ0n) is 35.7. The third-order valence-corrected chi connectivity index (χ3v) is 13.5. The summed E-state index contributed by atoms with van der Waals surface area (Å²) in [4.78, 5) is 65.7. The first-order valence-electron chi connectivity index (χ1n) is 21.9. The number of anilines is 1. The lowest BCUT2D eigenvalue weighted by Gasteiger charge is -2.38. The van der Waals surface area contributed by atoms with Gasteiger partial charge in [-0.3, -0.25) is 29.5 Å². The second-order valence-electron chi connectivity index (χ2n) is 18.0. The van der Waals surface area contributed by atoms with Gasteiger partial charge in [-0.15, -0.1) is 6.42 Å². The minimum atomic E-state index is -0.755. The van der Waals surface area contributed by atoms with E-state index in [1.165, 1.54) is 35.4 Å². The van der Waals surface area contributed by atoms with E-state index < -0.39 is 23.6 Å². The Labute approximate surface area is 377 Å². The van der Waals surface area contributed by atoms with Crippen molar-refractivity contribution >= 4 is 51.7 Å². The van der Waals surface area contributed by atoms with Gasteiger partial charge in [0, 0.05) is 97.4 Å². The number of aromatic nitrogens is 3. The number of phenols is 1. The molecule has 7 heterocycles. The summed E-state index contributed by atoms with van der Waals surface area (Å²) in [5, 5.41) is 24.6. The van der Waals surface area contributed by atoms with Crippen LogP contribution in [0.25, 0.3) is 32.9 Å². The van der Waals surface area contributed by atoms with Crippen LogP contribution in [-0.2, 0) is 20.9 Å². The topological polar surface area (TPSA) is 190 Å². The van der Waals surface area contributed by atoms with Crippen molar-refractivity contribution in [2.75, 3.05) is 44.2 Å². The maximum Gasteiger partial charge on any atom is 0.319 e. The van der Waals surface area contributed by atoms with Crippen LogP contribution in [0.3, 0.4) is 0 Å². The highest BCUT2D eigenvalue weighted by atomic mass is 19.1. The van der Waals surface area contributed by atoms with Crippen LogP contribution < -0.4 is 20.3 Å². The number of rotatable bonds is 8. The normalized spacial score (nSPS) is 21.8. The number of nitrogens with zero attached hydrogens (tertiary/aromatic N) is 6. The van der Waals surface area contributed by atoms with Gasteiger partial charge in [-0.05, 0) is 79.5 Å². The summed E-state index contributed by atoms with van der Waals surface area (Å²) >= 11 is 0. The number of terminal acetylenes is 1. The van der Waals surface area contributed by atoms with Crippen molar-refractivity contribution in [3.05, 3.63) is 82.5 Å². The number of halogens is 2. The fourth-order valence-electron chi connectivity index (χ4n) is 10.1. The Hall–Kier alpha value is -7.21. The summed E-state index contributed by atoms with van der Waals surface area (Å²) in [5.74, 6) is 7.30. The van der Waals surface area contributed by atoms with Gasteiger partial charge < -0.3 is 35.0 Å². The first-order valence-corrected chi connectivity index (χ1v) is 21.9. The predicted molar refractivity (Wildman–Crippen MR) is 237 cm³/mol. The van der Waals surface area contributed by atoms with Crippen LogP contribution >= 0.6 is 0 Å². The molecule has 3 aromatic carbocycles. The van der Waals surface area contributed by atoms with Crippen LogP contribution in [0.1, 0.15) is 65.6 Å². The first kappa shape index (κ1) is 42.7. The molecule has 15 nitrogen and oxygen atoms in total. The summed E-state index contributed by atoms with van der Waals surface area (Å²) in [5.41, 5.74) is 2.06. The Kier molecular flexibility index (Phi) is 11.0. The molecule has 17 heteroatoms. The van der Waals surface area contributed by atoms with Gasteiger partial charge in [-0.1, -0.05) is 23.8 Å². The van der Waals surface area contributed by atoms with E-state index in [2.05, 4.69) is 48.2 Å². The van der Waals surface area contributed by atoms with Crippen LogP contribution in [0.4, 0.5) is 14.6 Å². The molecule has 66 heavy (non-hydrogen) atoms. The van der Waals surface area contributed by atoms with Gasteiger partial charge in [0.1, 0.15) is 34.6 Å². The molecular formula is C49H44F2N8O7. The summed E-state index contributed by atoms with van der Waals surface area (Å²) < 4.78 is 38.4. The van der Waals surface area contributed by atoms with Crippen molar-refractivity contribution in [2.45, 2.75) is 63.2 Å². The number of carboxylic acid groups (broad SMARTS) is 1. The fourth-order valence-corrected chi connectivity index (χ4v) is 10.1. The van der Waals surface area contributed by atoms with Gasteiger partial charge in [-0.2, -0.15) is 9.97 Å². The average molecular weight is 895 g/mol. The van der Waals surface area contributed by atoms with Gasteiger partial charge in [0.15, 0.2) is 5.82 Å². The lowest BCUT2D eigenvalue weighted by Crippen LogP contribution is -2.52. The molecule has 4 saturated heterocycles. The first-order chi connectivity index (χ1) is 31.9. The SMILES string of the molecule is C#Cc1c(F)ccc2cc(O)cc(-c3ncc4c(N5C[C@H]6CC[C@@H](C5)N6)nc(OCC5(CN6CC(C#Cc7ccc8c(c7)CN(C7CCC(=O)NC7=O)C8=O)C6)CC5)nc4c3F)c12.O=CO. The molecule has 2 aromatic heterocycles. The van der Waals surface area contributed by atoms with Gasteiger partial charge >= 0.3 is 6.01 Å². The zero-order chi connectivity index (χ0) is 45.9. The van der Waals surface area contributed by atoms with Crippen LogP contribution in [-0.4, -0.2) is 117 Å². The minimum Gasteiger partial charge on any atom is -0.508 e. The van der Waals surface area contributed by atoms with E-state index in [0.717, 1.165) is 56.4 Å². The number of fused-ring (bicyclic) bond motifs is 5. The van der Waals surface area contributed by atoms with E-state index in [1.807, 2.05) is 12.1 Å². The number of phenolic OH excluding ortho intramolecular Hbond substituents is 1. The number of imide groups is 1. The van der Waals surface area contributed by atoms with E-state index in [0.29, 0.717) is 54.8 Å². The Bertz CT molecular complexity index is 2960. The van der Waals surface area contributed by atoms with Gasteiger partial charge in [0.2, 0.25) is 11.8 Å². The molecular weight excluding hydrogens is 851 g/mol. The van der Waals surface area contributed by atoms with E-state index in [-0.39, 0.29) is 87.6 Å². The molecule has 5 aliphatic heterocycles. The lowest BCUT2D eigenvalue weighted by molar-refractivity contribution is -0.137. The number of piperidine rings is 1. The van der Waals surface area contributed by atoms with Crippen molar-refractivity contribution in [1.29, 1.82) is 0 Å². The van der Waals surface area contributed by atoms with Crippen molar-refractivity contribution in [1.82, 2.24) is 35.4 Å². The molecule has 2 bridgehead atoms. The molecule has 6 aliphatic rings. The Morgan fingerprint density at radius 2 is 1.76 bits per heavy atom. The van der Waals surface area contributed by atoms with Crippen molar-refractivity contribution in [2.24, 2.45) is 11.3 Å². The molecule has 0 spiro atoms. The maximum atomic E-state index is 17.0. The van der Waals surface area contributed by atoms with E-state index in [9.17, 15) is 23.9 Å². The number of likely N-dealkylation sites (tertiary alicyclic amines) is 1. The summed E-state index contributed by atoms with van der Waals surface area (Å²) in [6, 6.07) is 11.0. The van der Waals surface area contributed by atoms with Gasteiger partial charge in [0.05, 0.1) is 17.6 Å². The highest BCUT2D eigenvalue weighted by molar-refractivity contribution is 6.06. The minimum absolute atomic E-state index is 0.0108. The molecule has 3 atom stereocenters. The van der Waals surface area contributed by atoms with Crippen LogP contribution in [0.15, 0.2) is 48.7 Å². The van der Waals surface area contributed by atoms with Gasteiger partial charge in [-0.25, -0.2) is 8.78 Å². The standard InChI is InChI=1S/C48H42F2N8O5.CH2O2/c1-2-33-37(49)10-6-28-16-32(59)17-35(40(28)33)42-41(50)43-36(18-51-42)44(57-22-30-7-8-31(23-57)52-30)55-47(54-43)63-25-48(13-14-48)24-56-19-27(20-56)4-3-26-5-9-34-29(15-26)21-58(46(34)62)38-11-12-39(60)53-45(38)61;2-1-3/h1,5-6,9-10,15-18,27,30-31,38,52,59H,7-8,11-14,19-25H2,(H,53,60,61);1H,(H,2,3)/t30-,31+,38?;. The van der Waals surface area contributed by atoms with E-state index in [1.54, 1.807) is 6.07 Å². The summed E-state index contributed by atoms with van der Waals surface area (Å²) in [7, 11) is 0. The molecule has 4 N–H and O–H groups in total. The van der Waals surface area contributed by atoms with Crippen LogP contribution in [0.2, 0.25) is 0 Å². The maximum absolute atomic E-state index is 17.0. The number of carbonyl (C=O) groups excluding carboxylic acids is 3. The third-order valence-electron chi connectivity index (χ3n) is 13.5. The number of pyridine rings is 1. The van der Waals surface area contributed by atoms with Crippen LogP contribution in [0.5, 0.6) is 11.8 Å². The Morgan fingerprint density at radius 3 is 2.48 bits per heavy atom. The fraction of sp³-hybridized carbons (Fsp3) is 0.367. The number of amides is 3. The predicted octanol–water partition coefficient (Wildman–Crippen LogP) is 4.36. The second kappa shape index (κ2) is 17.0. The molecule has 1 aliphatic carbocycles. The number of aromatic hydroxyl groups is 1. The largest absolute Gasteiger partial charge is 0.508 e. The quantitative estimate of drug-likeness (QED) is 0.0979. The molecule has 3 amide bonds.